The highest BCUT2D eigenvalue weighted by Gasteiger charge is 2.09. The lowest BCUT2D eigenvalue weighted by Crippen LogP contribution is -2.08. The van der Waals surface area contributed by atoms with Crippen LogP contribution in [0, 0.1) is 6.58 Å². The van der Waals surface area contributed by atoms with Crippen molar-refractivity contribution in [2.75, 3.05) is 6.61 Å². The highest BCUT2D eigenvalue weighted by Crippen LogP contribution is 2.25. The molecule has 0 spiro atoms. The number of hydrogen-bond acceptors (Lipinski definition) is 1. The van der Waals surface area contributed by atoms with Crippen molar-refractivity contribution in [3.8, 4) is 5.75 Å². The molecule has 0 saturated heterocycles. The van der Waals surface area contributed by atoms with Crippen LogP contribution in [0.1, 0.15) is 24.0 Å². The molecule has 1 radical (unpaired) electrons. The topological polar surface area (TPSA) is 9.23 Å². The van der Waals surface area contributed by atoms with Crippen LogP contribution in [-0.2, 0) is 12.8 Å². The zero-order valence-electron chi connectivity index (χ0n) is 9.49. The molecule has 0 aliphatic carbocycles. The molecule has 1 heterocycles. The van der Waals surface area contributed by atoms with E-state index in [4.69, 9.17) is 11.3 Å². The van der Waals surface area contributed by atoms with E-state index in [1.807, 2.05) is 6.08 Å². The number of aryl methyl sites for hydroxylation is 2. The van der Waals surface area contributed by atoms with Crippen LogP contribution in [0.4, 0.5) is 0 Å². The summed E-state index contributed by atoms with van der Waals surface area (Å²) >= 11 is 0. The van der Waals surface area contributed by atoms with Gasteiger partial charge in [-0.05, 0) is 42.9 Å². The average molecular weight is 213 g/mol. The molecule has 2 rings (SSSR count). The Morgan fingerprint density at radius 1 is 1.38 bits per heavy atom. The smallest absolute Gasteiger partial charge is 0.122 e. The second-order valence-electron chi connectivity index (χ2n) is 4.05. The molecule has 1 heteroatoms. The molecule has 0 fully saturated rings. The summed E-state index contributed by atoms with van der Waals surface area (Å²) < 4.78 is 5.59. The number of hydrogen-bond donors (Lipinski definition) is 0. The minimum atomic E-state index is 0.863. The molecule has 0 bridgehead atoms. The van der Waals surface area contributed by atoms with Gasteiger partial charge in [-0.15, -0.1) is 0 Å². The Hall–Kier alpha value is -1.50. The van der Waals surface area contributed by atoms with E-state index in [0.29, 0.717) is 0 Å². The summed E-state index contributed by atoms with van der Waals surface area (Å²) in [5.41, 5.74) is 2.74. The molecular formula is C15H17O. The van der Waals surface area contributed by atoms with Crippen LogP contribution >= 0.6 is 0 Å². The summed E-state index contributed by atoms with van der Waals surface area (Å²) in [6.45, 7) is 6.13. The molecule has 0 atom stereocenters. The normalized spacial score (nSPS) is 14.5. The van der Waals surface area contributed by atoms with Gasteiger partial charge in [0.2, 0.25) is 0 Å². The minimum Gasteiger partial charge on any atom is -0.493 e. The van der Waals surface area contributed by atoms with Crippen LogP contribution in [-0.4, -0.2) is 6.61 Å². The number of fused-ring (bicyclic) bond motifs is 1. The predicted octanol–water partition coefficient (Wildman–Crippen LogP) is 3.49. The first kappa shape index (κ1) is 11.0. The summed E-state index contributed by atoms with van der Waals surface area (Å²) in [6, 6.07) is 6.53. The van der Waals surface area contributed by atoms with E-state index in [9.17, 15) is 0 Å². The quantitative estimate of drug-likeness (QED) is 0.696. The van der Waals surface area contributed by atoms with Crippen LogP contribution < -0.4 is 4.74 Å². The molecule has 83 valence electrons. The zero-order valence-corrected chi connectivity index (χ0v) is 9.49. The third-order valence-corrected chi connectivity index (χ3v) is 2.82. The first-order valence-corrected chi connectivity index (χ1v) is 5.85. The summed E-state index contributed by atoms with van der Waals surface area (Å²) in [6.07, 6.45) is 9.94. The zero-order chi connectivity index (χ0) is 11.2. The maximum Gasteiger partial charge on any atom is 0.122 e. The van der Waals surface area contributed by atoms with E-state index in [1.165, 1.54) is 11.1 Å². The first-order chi connectivity index (χ1) is 7.90. The second-order valence-corrected chi connectivity index (χ2v) is 4.05. The highest BCUT2D eigenvalue weighted by molar-refractivity contribution is 5.38. The predicted molar refractivity (Wildman–Crippen MR) is 66.6 cm³/mol. The molecule has 16 heavy (non-hydrogen) atoms. The van der Waals surface area contributed by atoms with E-state index in [1.54, 1.807) is 6.08 Å². The average Bonchev–Trinajstić information content (AvgIpc) is 2.34. The Kier molecular flexibility index (Phi) is 3.81. The third kappa shape index (κ3) is 2.75. The summed E-state index contributed by atoms with van der Waals surface area (Å²) in [7, 11) is 0. The van der Waals surface area contributed by atoms with Crippen molar-refractivity contribution in [1.29, 1.82) is 0 Å². The molecule has 1 nitrogen and oxygen atoms in total. The molecule has 0 N–H and O–H groups in total. The molecule has 0 saturated carbocycles. The monoisotopic (exact) mass is 213 g/mol. The van der Waals surface area contributed by atoms with E-state index in [-0.39, 0.29) is 0 Å². The van der Waals surface area contributed by atoms with Crippen LogP contribution in [0.5, 0.6) is 5.75 Å². The summed E-state index contributed by atoms with van der Waals surface area (Å²) in [4.78, 5) is 0. The third-order valence-electron chi connectivity index (χ3n) is 2.82. The van der Waals surface area contributed by atoms with Gasteiger partial charge in [0.1, 0.15) is 5.75 Å². The van der Waals surface area contributed by atoms with Gasteiger partial charge in [0.15, 0.2) is 0 Å². The molecule has 0 aromatic heterocycles. The second kappa shape index (κ2) is 5.55. The highest BCUT2D eigenvalue weighted by atomic mass is 16.5. The van der Waals surface area contributed by atoms with Gasteiger partial charge in [-0.2, -0.15) is 0 Å². The van der Waals surface area contributed by atoms with Gasteiger partial charge in [0, 0.05) is 0 Å². The molecular weight excluding hydrogens is 196 g/mol. The Labute approximate surface area is 97.4 Å². The van der Waals surface area contributed by atoms with Crippen molar-refractivity contribution in [1.82, 2.24) is 0 Å². The molecule has 0 amide bonds. The lowest BCUT2D eigenvalue weighted by atomic mass is 10.0. The SMILES string of the molecule is [CH]=CC=CCCc1ccc2c(c1)CCCO2. The Balaban J connectivity index is 2.00. The fourth-order valence-corrected chi connectivity index (χ4v) is 1.99. The van der Waals surface area contributed by atoms with Gasteiger partial charge >= 0.3 is 0 Å². The van der Waals surface area contributed by atoms with Gasteiger partial charge in [-0.25, -0.2) is 0 Å². The number of rotatable bonds is 4. The van der Waals surface area contributed by atoms with E-state index in [0.717, 1.165) is 38.0 Å². The maximum absolute atomic E-state index is 5.59. The Morgan fingerprint density at radius 2 is 2.31 bits per heavy atom. The number of benzene rings is 1. The van der Waals surface area contributed by atoms with E-state index >= 15 is 0 Å². The minimum absolute atomic E-state index is 0.863. The van der Waals surface area contributed by atoms with Crippen LogP contribution in [0.25, 0.3) is 0 Å². The van der Waals surface area contributed by atoms with E-state index < -0.39 is 0 Å². The van der Waals surface area contributed by atoms with Crippen molar-refractivity contribution >= 4 is 0 Å². The van der Waals surface area contributed by atoms with Crippen LogP contribution in [0.15, 0.2) is 36.4 Å². The van der Waals surface area contributed by atoms with Crippen molar-refractivity contribution < 1.29 is 4.74 Å². The lowest BCUT2D eigenvalue weighted by Gasteiger charge is -2.17. The first-order valence-electron chi connectivity index (χ1n) is 5.85. The Morgan fingerprint density at radius 3 is 3.19 bits per heavy atom. The molecule has 1 aromatic rings. The maximum atomic E-state index is 5.59. The molecule has 1 aromatic carbocycles. The Bertz CT molecular complexity index is 390. The fourth-order valence-electron chi connectivity index (χ4n) is 1.99. The molecule has 0 unspecified atom stereocenters. The van der Waals surface area contributed by atoms with Crippen molar-refractivity contribution in [3.05, 3.63) is 54.1 Å². The summed E-state index contributed by atoms with van der Waals surface area (Å²) in [5, 5.41) is 0. The standard InChI is InChI=1S/C15H17O/c1-2-3-4-5-7-13-9-10-15-14(12-13)8-6-11-16-15/h1-4,9-10,12H,5-8,11H2. The van der Waals surface area contributed by atoms with Crippen LogP contribution in [0.3, 0.4) is 0 Å². The molecule has 1 aliphatic rings. The van der Waals surface area contributed by atoms with Gasteiger partial charge < -0.3 is 4.74 Å². The van der Waals surface area contributed by atoms with Crippen molar-refractivity contribution in [3.63, 3.8) is 0 Å². The fraction of sp³-hybridized carbons (Fsp3) is 0.333. The van der Waals surface area contributed by atoms with Gasteiger partial charge in [0.25, 0.3) is 0 Å². The van der Waals surface area contributed by atoms with Crippen molar-refractivity contribution in [2.24, 2.45) is 0 Å². The van der Waals surface area contributed by atoms with E-state index in [2.05, 4.69) is 24.3 Å². The number of ether oxygens (including phenoxy) is 1. The van der Waals surface area contributed by atoms with Gasteiger partial charge in [-0.1, -0.05) is 36.9 Å². The van der Waals surface area contributed by atoms with Crippen LogP contribution in [0.2, 0.25) is 0 Å². The molecule has 1 aliphatic heterocycles. The van der Waals surface area contributed by atoms with Gasteiger partial charge in [-0.3, -0.25) is 0 Å². The lowest BCUT2D eigenvalue weighted by molar-refractivity contribution is 0.288. The number of allylic oxidation sites excluding steroid dienone is 3. The van der Waals surface area contributed by atoms with Gasteiger partial charge in [0.05, 0.1) is 6.61 Å². The van der Waals surface area contributed by atoms with Crippen molar-refractivity contribution in [2.45, 2.75) is 25.7 Å². The summed E-state index contributed by atoms with van der Waals surface area (Å²) in [5.74, 6) is 1.07. The largest absolute Gasteiger partial charge is 0.493 e.